The van der Waals surface area contributed by atoms with Gasteiger partial charge in [0.25, 0.3) is 0 Å². The minimum absolute atomic E-state index is 0.0951. The van der Waals surface area contributed by atoms with Crippen LogP contribution in [0, 0.1) is 0 Å². The van der Waals surface area contributed by atoms with E-state index in [-0.39, 0.29) is 17.0 Å². The predicted molar refractivity (Wildman–Crippen MR) is 69.6 cm³/mol. The highest BCUT2D eigenvalue weighted by molar-refractivity contribution is 7.99. The van der Waals surface area contributed by atoms with E-state index < -0.39 is 0 Å². The van der Waals surface area contributed by atoms with Gasteiger partial charge in [-0.15, -0.1) is 5.10 Å². The Morgan fingerprint density at radius 1 is 1.42 bits per heavy atom. The van der Waals surface area contributed by atoms with Gasteiger partial charge in [0.05, 0.1) is 0 Å². The molecule has 1 aliphatic carbocycles. The topological polar surface area (TPSA) is 101 Å². The lowest BCUT2D eigenvalue weighted by atomic mass is 10.7. The van der Waals surface area contributed by atoms with E-state index in [9.17, 15) is 4.79 Å². The zero-order valence-electron chi connectivity index (χ0n) is 9.92. The molecule has 1 fully saturated rings. The zero-order chi connectivity index (χ0) is 13.4. The first-order valence-corrected chi connectivity index (χ1v) is 6.81. The number of aromatic nitrogens is 6. The smallest absolute Gasteiger partial charge is 0.344 e. The van der Waals surface area contributed by atoms with Crippen molar-refractivity contribution in [3.8, 4) is 0 Å². The molecule has 1 aliphatic rings. The van der Waals surface area contributed by atoms with Crippen LogP contribution in [-0.4, -0.2) is 36.8 Å². The first-order chi connectivity index (χ1) is 9.17. The van der Waals surface area contributed by atoms with Gasteiger partial charge in [0.15, 0.2) is 5.16 Å². The molecule has 0 radical (unpaired) electrons. The van der Waals surface area contributed by atoms with Crippen LogP contribution < -0.4 is 11.0 Å². The number of anilines is 1. The van der Waals surface area contributed by atoms with Crippen LogP contribution in [0.3, 0.4) is 0 Å². The largest absolute Gasteiger partial charge is 0.357 e. The summed E-state index contributed by atoms with van der Waals surface area (Å²) in [6.07, 6.45) is 1.99. The van der Waals surface area contributed by atoms with Gasteiger partial charge >= 0.3 is 5.69 Å². The van der Waals surface area contributed by atoms with Gasteiger partial charge < -0.3 is 5.32 Å². The molecule has 0 bridgehead atoms. The third-order valence-electron chi connectivity index (χ3n) is 2.58. The van der Waals surface area contributed by atoms with Crippen LogP contribution in [0.5, 0.6) is 0 Å². The van der Waals surface area contributed by atoms with Crippen LogP contribution in [0.2, 0.25) is 5.28 Å². The molecule has 10 heteroatoms. The fourth-order valence-electron chi connectivity index (χ4n) is 1.59. The summed E-state index contributed by atoms with van der Waals surface area (Å²) in [7, 11) is 1.69. The summed E-state index contributed by atoms with van der Waals surface area (Å²) in [6, 6.07) is 0.231. The molecule has 0 aromatic carbocycles. The summed E-state index contributed by atoms with van der Waals surface area (Å²) >= 11 is 6.98. The average Bonchev–Trinajstić information content (AvgIpc) is 3.14. The monoisotopic (exact) mass is 299 g/mol. The van der Waals surface area contributed by atoms with Gasteiger partial charge in [-0.2, -0.15) is 15.0 Å². The highest BCUT2D eigenvalue weighted by Crippen LogP contribution is 2.37. The Bertz CT molecular complexity index is 665. The lowest BCUT2D eigenvalue weighted by Gasteiger charge is -2.04. The molecule has 0 amide bonds. The molecule has 0 atom stereocenters. The van der Waals surface area contributed by atoms with Crippen LogP contribution in [0.1, 0.15) is 18.9 Å². The maximum absolute atomic E-state index is 11.6. The fourth-order valence-corrected chi connectivity index (χ4v) is 2.65. The zero-order valence-corrected chi connectivity index (χ0v) is 11.5. The molecule has 3 rings (SSSR count). The second-order valence-corrected chi connectivity index (χ2v) is 5.25. The number of rotatable bonds is 4. The number of nitrogens with one attached hydrogen (secondary N) is 2. The molecule has 2 heterocycles. The molecule has 2 aromatic heterocycles. The van der Waals surface area contributed by atoms with Crippen molar-refractivity contribution in [2.45, 2.75) is 29.2 Å². The van der Waals surface area contributed by atoms with Crippen molar-refractivity contribution < 1.29 is 0 Å². The number of halogens is 1. The van der Waals surface area contributed by atoms with E-state index >= 15 is 0 Å². The first kappa shape index (κ1) is 12.4. The van der Waals surface area contributed by atoms with Crippen LogP contribution >= 0.6 is 23.4 Å². The predicted octanol–water partition coefficient (Wildman–Crippen LogP) is 0.938. The fraction of sp³-hybridized carbons (Fsp3) is 0.444. The van der Waals surface area contributed by atoms with Crippen molar-refractivity contribution in [2.24, 2.45) is 0 Å². The van der Waals surface area contributed by atoms with Crippen molar-refractivity contribution in [3.05, 3.63) is 15.8 Å². The van der Waals surface area contributed by atoms with Crippen LogP contribution in [0.4, 0.5) is 5.95 Å². The molecule has 2 N–H and O–H groups in total. The van der Waals surface area contributed by atoms with Gasteiger partial charge in [-0.05, 0) is 36.2 Å². The van der Waals surface area contributed by atoms with E-state index in [0.717, 1.165) is 12.8 Å². The Morgan fingerprint density at radius 3 is 2.89 bits per heavy atom. The maximum Gasteiger partial charge on any atom is 0.344 e. The summed E-state index contributed by atoms with van der Waals surface area (Å²) in [6.45, 7) is 0. The van der Waals surface area contributed by atoms with Gasteiger partial charge in [-0.25, -0.2) is 9.89 Å². The highest BCUT2D eigenvalue weighted by Gasteiger charge is 2.29. The first-order valence-electron chi connectivity index (χ1n) is 5.61. The molecule has 8 nitrogen and oxygen atoms in total. The molecule has 0 unspecified atom stereocenters. The summed E-state index contributed by atoms with van der Waals surface area (Å²) in [5, 5.41) is 10.2. The van der Waals surface area contributed by atoms with E-state index in [0.29, 0.717) is 16.3 Å². The average molecular weight is 300 g/mol. The van der Waals surface area contributed by atoms with Gasteiger partial charge in [0, 0.05) is 13.1 Å². The summed E-state index contributed by atoms with van der Waals surface area (Å²) in [4.78, 5) is 23.7. The molecular formula is C9H10ClN7OS. The Labute approximate surface area is 117 Å². The second kappa shape index (κ2) is 4.82. The van der Waals surface area contributed by atoms with Gasteiger partial charge in [-0.1, -0.05) is 0 Å². The number of aromatic amines is 1. The van der Waals surface area contributed by atoms with E-state index in [2.05, 4.69) is 30.5 Å². The Balaban J connectivity index is 1.93. The summed E-state index contributed by atoms with van der Waals surface area (Å²) in [5.74, 6) is 0.373. The quantitative estimate of drug-likeness (QED) is 0.866. The molecule has 1 saturated carbocycles. The number of hydrogen-bond donors (Lipinski definition) is 2. The molecule has 0 spiro atoms. The normalized spacial score (nSPS) is 14.6. The Morgan fingerprint density at radius 2 is 2.21 bits per heavy atom. The van der Waals surface area contributed by atoms with Crippen molar-refractivity contribution in [2.75, 3.05) is 12.4 Å². The molecular weight excluding hydrogens is 290 g/mol. The maximum atomic E-state index is 11.6. The number of H-pyrrole nitrogens is 1. The molecule has 0 aliphatic heterocycles. The summed E-state index contributed by atoms with van der Waals surface area (Å²) in [5.41, 5.74) is -0.209. The van der Waals surface area contributed by atoms with Gasteiger partial charge in [0.1, 0.15) is 0 Å². The van der Waals surface area contributed by atoms with Crippen molar-refractivity contribution in [1.82, 2.24) is 29.7 Å². The minimum atomic E-state index is -0.209. The van der Waals surface area contributed by atoms with E-state index in [1.165, 1.54) is 11.8 Å². The second-order valence-electron chi connectivity index (χ2n) is 3.98. The minimum Gasteiger partial charge on any atom is -0.357 e. The Hall–Kier alpha value is -1.61. The molecule has 100 valence electrons. The Kier molecular flexibility index (Phi) is 3.15. The lowest BCUT2D eigenvalue weighted by Crippen LogP contribution is -2.16. The number of hydrogen-bond acceptors (Lipinski definition) is 7. The van der Waals surface area contributed by atoms with Crippen molar-refractivity contribution >= 4 is 29.3 Å². The molecule has 0 saturated heterocycles. The molecule has 2 aromatic rings. The van der Waals surface area contributed by atoms with Gasteiger partial charge in [-0.3, -0.25) is 4.57 Å². The lowest BCUT2D eigenvalue weighted by molar-refractivity contribution is 0.641. The van der Waals surface area contributed by atoms with Crippen molar-refractivity contribution in [3.63, 3.8) is 0 Å². The van der Waals surface area contributed by atoms with E-state index in [4.69, 9.17) is 11.6 Å². The third kappa shape index (κ3) is 2.56. The van der Waals surface area contributed by atoms with Crippen LogP contribution in [0.15, 0.2) is 15.1 Å². The standard InChI is InChI=1S/C9H10ClN7OS/c1-11-6-12-5(10)13-7(14-6)19-9-16-15-8(18)17(9)4-2-3-4/h4H,2-3H2,1H3,(H,15,18)(H,11,12,13,14). The van der Waals surface area contributed by atoms with E-state index in [1.807, 2.05) is 0 Å². The van der Waals surface area contributed by atoms with Crippen LogP contribution in [0.25, 0.3) is 0 Å². The third-order valence-corrected chi connectivity index (χ3v) is 3.58. The SMILES string of the molecule is CNc1nc(Cl)nc(Sc2n[nH]c(=O)n2C2CC2)n1. The van der Waals surface area contributed by atoms with Crippen LogP contribution in [-0.2, 0) is 0 Å². The number of nitrogens with zero attached hydrogens (tertiary/aromatic N) is 5. The highest BCUT2D eigenvalue weighted by atomic mass is 35.5. The van der Waals surface area contributed by atoms with E-state index in [1.54, 1.807) is 11.6 Å². The molecule has 19 heavy (non-hydrogen) atoms. The van der Waals surface area contributed by atoms with Gasteiger partial charge in [0.2, 0.25) is 16.4 Å². The summed E-state index contributed by atoms with van der Waals surface area (Å²) < 4.78 is 1.63. The van der Waals surface area contributed by atoms with Crippen molar-refractivity contribution in [1.29, 1.82) is 0 Å².